The van der Waals surface area contributed by atoms with Gasteiger partial charge in [0.05, 0.1) is 11.6 Å². The van der Waals surface area contributed by atoms with Crippen molar-refractivity contribution in [1.82, 2.24) is 0 Å². The highest BCUT2D eigenvalue weighted by molar-refractivity contribution is 5.69. The Bertz CT molecular complexity index is 403. The van der Waals surface area contributed by atoms with Gasteiger partial charge >= 0.3 is 5.71 Å². The van der Waals surface area contributed by atoms with Crippen LogP contribution in [0.25, 0.3) is 11.1 Å². The molecule has 12 heavy (non-hydrogen) atoms. The molecule has 2 nitrogen and oxygen atoms in total. The molecule has 0 fully saturated rings. The van der Waals surface area contributed by atoms with E-state index in [-0.39, 0.29) is 0 Å². The zero-order chi connectivity index (χ0) is 8.55. The van der Waals surface area contributed by atoms with Crippen LogP contribution < -0.4 is 4.57 Å². The first-order valence-corrected chi connectivity index (χ1v) is 4.19. The van der Waals surface area contributed by atoms with E-state index in [0.29, 0.717) is 0 Å². The van der Waals surface area contributed by atoms with Crippen LogP contribution in [-0.4, -0.2) is 0 Å². The van der Waals surface area contributed by atoms with Crippen LogP contribution in [0, 0.1) is 6.92 Å². The van der Waals surface area contributed by atoms with Crippen molar-refractivity contribution >= 4 is 11.1 Å². The lowest BCUT2D eigenvalue weighted by molar-refractivity contribution is -0.680. The standard InChI is InChI=1S/C10H12NO/c1-3-11-8(2)4-5-9-6-7-12-10(9)11/h4-7H,3H2,1-2H3/q+1. The molecule has 0 amide bonds. The van der Waals surface area contributed by atoms with E-state index in [1.807, 2.05) is 6.07 Å². The third-order valence-electron chi connectivity index (χ3n) is 2.17. The molecule has 0 radical (unpaired) electrons. The number of aromatic nitrogens is 1. The molecule has 2 aromatic heterocycles. The summed E-state index contributed by atoms with van der Waals surface area (Å²) in [5, 5.41) is 1.17. The van der Waals surface area contributed by atoms with Crippen LogP contribution >= 0.6 is 0 Å². The molecule has 0 aliphatic rings. The molecule has 0 N–H and O–H groups in total. The van der Waals surface area contributed by atoms with E-state index < -0.39 is 0 Å². The summed E-state index contributed by atoms with van der Waals surface area (Å²) in [5.74, 6) is 0. The highest BCUT2D eigenvalue weighted by Crippen LogP contribution is 2.11. The fourth-order valence-corrected chi connectivity index (χ4v) is 1.51. The summed E-state index contributed by atoms with van der Waals surface area (Å²) in [6.45, 7) is 5.16. The highest BCUT2D eigenvalue weighted by atomic mass is 16.3. The third kappa shape index (κ3) is 0.916. The zero-order valence-corrected chi connectivity index (χ0v) is 7.37. The van der Waals surface area contributed by atoms with Crippen LogP contribution in [0.15, 0.2) is 28.9 Å². The summed E-state index contributed by atoms with van der Waals surface area (Å²) in [4.78, 5) is 0. The van der Waals surface area contributed by atoms with Gasteiger partial charge in [-0.15, -0.1) is 0 Å². The fourth-order valence-electron chi connectivity index (χ4n) is 1.51. The Morgan fingerprint density at radius 3 is 2.92 bits per heavy atom. The Hall–Kier alpha value is -1.31. The maximum absolute atomic E-state index is 5.38. The number of furan rings is 1. The van der Waals surface area contributed by atoms with Gasteiger partial charge in [-0.1, -0.05) is 0 Å². The quantitative estimate of drug-likeness (QED) is 0.586. The van der Waals surface area contributed by atoms with Gasteiger partial charge in [-0.3, -0.25) is 0 Å². The third-order valence-corrected chi connectivity index (χ3v) is 2.17. The summed E-state index contributed by atoms with van der Waals surface area (Å²) in [7, 11) is 0. The summed E-state index contributed by atoms with van der Waals surface area (Å²) in [6.07, 6.45) is 1.73. The molecule has 0 aliphatic heterocycles. The second-order valence-corrected chi connectivity index (χ2v) is 2.90. The second-order valence-electron chi connectivity index (χ2n) is 2.90. The van der Waals surface area contributed by atoms with E-state index in [1.54, 1.807) is 6.26 Å². The number of aryl methyl sites for hydroxylation is 2. The molecule has 0 unspecified atom stereocenters. The lowest BCUT2D eigenvalue weighted by Crippen LogP contribution is -2.36. The topological polar surface area (TPSA) is 17.0 Å². The van der Waals surface area contributed by atoms with E-state index in [9.17, 15) is 0 Å². The summed E-state index contributed by atoms with van der Waals surface area (Å²) >= 11 is 0. The fraction of sp³-hybridized carbons (Fsp3) is 0.300. The van der Waals surface area contributed by atoms with Gasteiger partial charge < -0.3 is 4.42 Å². The lowest BCUT2D eigenvalue weighted by Gasteiger charge is -1.95. The van der Waals surface area contributed by atoms with Crippen molar-refractivity contribution in [3.05, 3.63) is 30.2 Å². The van der Waals surface area contributed by atoms with E-state index in [2.05, 4.69) is 30.5 Å². The van der Waals surface area contributed by atoms with Crippen LogP contribution in [0.4, 0.5) is 0 Å². The first-order valence-electron chi connectivity index (χ1n) is 4.19. The molecule has 0 saturated heterocycles. The minimum atomic E-state index is 0.955. The molecule has 2 heteroatoms. The van der Waals surface area contributed by atoms with Crippen molar-refractivity contribution in [2.45, 2.75) is 20.4 Å². The van der Waals surface area contributed by atoms with Crippen molar-refractivity contribution in [1.29, 1.82) is 0 Å². The van der Waals surface area contributed by atoms with Crippen molar-refractivity contribution in [2.24, 2.45) is 0 Å². The predicted molar refractivity (Wildman–Crippen MR) is 46.8 cm³/mol. The molecule has 62 valence electrons. The molecule has 0 aliphatic carbocycles. The number of fused-ring (bicyclic) bond motifs is 1. The Kier molecular flexibility index (Phi) is 1.61. The van der Waals surface area contributed by atoms with Gasteiger partial charge in [-0.05, 0) is 19.1 Å². The maximum atomic E-state index is 5.38. The molecule has 0 bridgehead atoms. The monoisotopic (exact) mass is 162 g/mol. The average Bonchev–Trinajstić information content (AvgIpc) is 2.52. The van der Waals surface area contributed by atoms with Crippen LogP contribution in [0.3, 0.4) is 0 Å². The predicted octanol–water partition coefficient (Wildman–Crippen LogP) is 2.05. The Labute approximate surface area is 71.4 Å². The lowest BCUT2D eigenvalue weighted by atomic mass is 10.3. The van der Waals surface area contributed by atoms with E-state index in [1.165, 1.54) is 11.1 Å². The van der Waals surface area contributed by atoms with E-state index in [0.717, 1.165) is 12.3 Å². The van der Waals surface area contributed by atoms with Crippen molar-refractivity contribution < 1.29 is 8.98 Å². The molecule has 0 saturated carbocycles. The Morgan fingerprint density at radius 2 is 2.17 bits per heavy atom. The molecule has 2 heterocycles. The summed E-state index contributed by atoms with van der Waals surface area (Å²) in [5.41, 5.74) is 2.21. The first kappa shape index (κ1) is 7.35. The number of nitrogens with zero attached hydrogens (tertiary/aromatic N) is 1. The van der Waals surface area contributed by atoms with Crippen LogP contribution in [-0.2, 0) is 6.54 Å². The molecular formula is C10H12NO+. The molecule has 0 aromatic carbocycles. The van der Waals surface area contributed by atoms with Crippen LogP contribution in [0.2, 0.25) is 0 Å². The Balaban J connectivity index is 2.83. The number of pyridine rings is 1. The maximum Gasteiger partial charge on any atom is 0.380 e. The smallest absolute Gasteiger partial charge is 0.380 e. The van der Waals surface area contributed by atoms with Gasteiger partial charge in [0.2, 0.25) is 0 Å². The van der Waals surface area contributed by atoms with Gasteiger partial charge in [0.15, 0.2) is 5.69 Å². The molecular weight excluding hydrogens is 150 g/mol. The highest BCUT2D eigenvalue weighted by Gasteiger charge is 2.12. The summed E-state index contributed by atoms with van der Waals surface area (Å²) < 4.78 is 7.55. The van der Waals surface area contributed by atoms with Crippen LogP contribution in [0.5, 0.6) is 0 Å². The van der Waals surface area contributed by atoms with E-state index >= 15 is 0 Å². The van der Waals surface area contributed by atoms with Gasteiger partial charge in [0, 0.05) is 13.0 Å². The van der Waals surface area contributed by atoms with Gasteiger partial charge in [-0.25, -0.2) is 0 Å². The van der Waals surface area contributed by atoms with Gasteiger partial charge in [-0.2, -0.15) is 4.57 Å². The normalized spacial score (nSPS) is 10.8. The minimum Gasteiger partial charge on any atom is -0.413 e. The number of hydrogen-bond donors (Lipinski definition) is 0. The SMILES string of the molecule is CC[n+]1c(C)ccc2ccoc21. The number of rotatable bonds is 1. The summed E-state index contributed by atoms with van der Waals surface area (Å²) in [6, 6.07) is 6.18. The van der Waals surface area contributed by atoms with Gasteiger partial charge in [0.25, 0.3) is 0 Å². The molecule has 2 aromatic rings. The molecule has 0 spiro atoms. The average molecular weight is 162 g/mol. The minimum absolute atomic E-state index is 0.955. The van der Waals surface area contributed by atoms with Crippen molar-refractivity contribution in [3.63, 3.8) is 0 Å². The van der Waals surface area contributed by atoms with Crippen molar-refractivity contribution in [2.75, 3.05) is 0 Å². The largest absolute Gasteiger partial charge is 0.413 e. The molecule has 2 rings (SSSR count). The molecule has 0 atom stereocenters. The van der Waals surface area contributed by atoms with Crippen LogP contribution in [0.1, 0.15) is 12.6 Å². The second kappa shape index (κ2) is 2.63. The number of hydrogen-bond acceptors (Lipinski definition) is 1. The van der Waals surface area contributed by atoms with Crippen molar-refractivity contribution in [3.8, 4) is 0 Å². The van der Waals surface area contributed by atoms with Gasteiger partial charge in [0.1, 0.15) is 6.54 Å². The Morgan fingerprint density at radius 1 is 1.33 bits per heavy atom. The van der Waals surface area contributed by atoms with E-state index in [4.69, 9.17) is 4.42 Å². The zero-order valence-electron chi connectivity index (χ0n) is 7.37. The first-order chi connectivity index (χ1) is 5.83.